The number of likely N-dealkylation sites (tertiary alicyclic amines) is 1. The van der Waals surface area contributed by atoms with Gasteiger partial charge < -0.3 is 9.64 Å². The Hall–Kier alpha value is -0.0800. The summed E-state index contributed by atoms with van der Waals surface area (Å²) in [5.41, 5.74) is 0.431. The lowest BCUT2D eigenvalue weighted by molar-refractivity contribution is -0.0173. The van der Waals surface area contributed by atoms with E-state index in [1.54, 1.807) is 0 Å². The monoisotopic (exact) mass is 213 g/mol. The fraction of sp³-hybridized carbons (Fsp3) is 1.00. The summed E-state index contributed by atoms with van der Waals surface area (Å²) in [5, 5.41) is 0. The summed E-state index contributed by atoms with van der Waals surface area (Å²) in [6.07, 6.45) is 2.58. The molecule has 1 rings (SSSR count). The Morgan fingerprint density at radius 1 is 1.13 bits per heavy atom. The molecule has 0 atom stereocenters. The predicted octanol–water partition coefficient (Wildman–Crippen LogP) is 2.78. The first kappa shape index (κ1) is 13.0. The average Bonchev–Trinajstić information content (AvgIpc) is 2.18. The molecule has 15 heavy (non-hydrogen) atoms. The van der Waals surface area contributed by atoms with Crippen LogP contribution in [-0.4, -0.2) is 37.7 Å². The van der Waals surface area contributed by atoms with Gasteiger partial charge in [-0.05, 0) is 51.1 Å². The topological polar surface area (TPSA) is 12.5 Å². The van der Waals surface area contributed by atoms with Crippen LogP contribution in [0.1, 0.15) is 40.5 Å². The zero-order valence-electron chi connectivity index (χ0n) is 11.0. The van der Waals surface area contributed by atoms with E-state index < -0.39 is 0 Å². The van der Waals surface area contributed by atoms with Crippen LogP contribution in [0.4, 0.5) is 0 Å². The third-order valence-electron chi connectivity index (χ3n) is 4.18. The van der Waals surface area contributed by atoms with Gasteiger partial charge in [-0.15, -0.1) is 0 Å². The Labute approximate surface area is 95.0 Å². The molecule has 0 aromatic rings. The number of piperidine rings is 1. The molecule has 0 saturated carbocycles. The minimum Gasteiger partial charge on any atom is -0.384 e. The quantitative estimate of drug-likeness (QED) is 0.712. The minimum absolute atomic E-state index is 0.431. The van der Waals surface area contributed by atoms with Crippen LogP contribution in [0.3, 0.4) is 0 Å². The molecular weight excluding hydrogens is 186 g/mol. The smallest absolute Gasteiger partial charge is 0.0522 e. The first-order valence-electron chi connectivity index (χ1n) is 6.25. The van der Waals surface area contributed by atoms with Crippen molar-refractivity contribution >= 4 is 0 Å². The maximum atomic E-state index is 5.42. The lowest BCUT2D eigenvalue weighted by atomic mass is 9.70. The summed E-state index contributed by atoms with van der Waals surface area (Å²) in [6, 6.07) is 0.692. The number of hydrogen-bond donors (Lipinski definition) is 0. The first-order valence-corrected chi connectivity index (χ1v) is 6.25. The summed E-state index contributed by atoms with van der Waals surface area (Å²) < 4.78 is 5.42. The molecule has 1 aliphatic rings. The fourth-order valence-electron chi connectivity index (χ4n) is 2.66. The molecule has 0 radical (unpaired) electrons. The van der Waals surface area contributed by atoms with Crippen molar-refractivity contribution in [1.29, 1.82) is 0 Å². The molecule has 1 heterocycles. The fourth-order valence-corrected chi connectivity index (χ4v) is 2.66. The normalized spacial score (nSPS) is 22.6. The molecule has 1 fully saturated rings. The molecule has 2 nitrogen and oxygen atoms in total. The van der Waals surface area contributed by atoms with Crippen molar-refractivity contribution in [1.82, 2.24) is 4.90 Å². The van der Waals surface area contributed by atoms with Gasteiger partial charge in [0.1, 0.15) is 0 Å². The summed E-state index contributed by atoms with van der Waals surface area (Å²) in [6.45, 7) is 12.7. The Balaban J connectivity index is 2.57. The van der Waals surface area contributed by atoms with Crippen LogP contribution in [0.25, 0.3) is 0 Å². The van der Waals surface area contributed by atoms with Gasteiger partial charge in [-0.1, -0.05) is 13.8 Å². The standard InChI is InChI=1S/C13H27NO/c1-11(2)13(10-15-5)6-8-14(9-7-13)12(3)4/h11-12H,6-10H2,1-5H3. The van der Waals surface area contributed by atoms with E-state index in [9.17, 15) is 0 Å². The van der Waals surface area contributed by atoms with Crippen molar-refractivity contribution < 1.29 is 4.74 Å². The minimum atomic E-state index is 0.431. The van der Waals surface area contributed by atoms with Crippen molar-refractivity contribution in [2.45, 2.75) is 46.6 Å². The van der Waals surface area contributed by atoms with Gasteiger partial charge in [0.05, 0.1) is 6.61 Å². The van der Waals surface area contributed by atoms with Crippen LogP contribution in [0.15, 0.2) is 0 Å². The summed E-state index contributed by atoms with van der Waals surface area (Å²) >= 11 is 0. The van der Waals surface area contributed by atoms with Crippen molar-refractivity contribution in [3.8, 4) is 0 Å². The van der Waals surface area contributed by atoms with Gasteiger partial charge in [-0.3, -0.25) is 0 Å². The molecule has 0 aliphatic carbocycles. The van der Waals surface area contributed by atoms with E-state index in [2.05, 4.69) is 32.6 Å². The van der Waals surface area contributed by atoms with E-state index in [1.807, 2.05) is 7.11 Å². The van der Waals surface area contributed by atoms with Crippen LogP contribution in [0.5, 0.6) is 0 Å². The van der Waals surface area contributed by atoms with E-state index in [0.29, 0.717) is 11.5 Å². The van der Waals surface area contributed by atoms with Crippen LogP contribution >= 0.6 is 0 Å². The van der Waals surface area contributed by atoms with Crippen LogP contribution in [0.2, 0.25) is 0 Å². The Morgan fingerprint density at radius 2 is 1.67 bits per heavy atom. The van der Waals surface area contributed by atoms with Crippen molar-refractivity contribution in [3.63, 3.8) is 0 Å². The highest BCUT2D eigenvalue weighted by Crippen LogP contribution is 2.39. The van der Waals surface area contributed by atoms with Gasteiger partial charge in [-0.25, -0.2) is 0 Å². The average molecular weight is 213 g/mol. The highest BCUT2D eigenvalue weighted by atomic mass is 16.5. The summed E-state index contributed by atoms with van der Waals surface area (Å²) in [4.78, 5) is 2.58. The van der Waals surface area contributed by atoms with E-state index >= 15 is 0 Å². The van der Waals surface area contributed by atoms with Gasteiger partial charge in [0.15, 0.2) is 0 Å². The molecule has 1 saturated heterocycles. The van der Waals surface area contributed by atoms with Gasteiger partial charge in [0.2, 0.25) is 0 Å². The Bertz CT molecular complexity index is 181. The van der Waals surface area contributed by atoms with E-state index in [0.717, 1.165) is 12.5 Å². The molecule has 1 aliphatic heterocycles. The molecule has 0 aromatic heterocycles. The number of nitrogens with zero attached hydrogens (tertiary/aromatic N) is 1. The van der Waals surface area contributed by atoms with Crippen molar-refractivity contribution in [2.24, 2.45) is 11.3 Å². The summed E-state index contributed by atoms with van der Waals surface area (Å²) in [7, 11) is 1.83. The van der Waals surface area contributed by atoms with E-state index in [1.165, 1.54) is 25.9 Å². The largest absolute Gasteiger partial charge is 0.384 e. The number of ether oxygens (including phenoxy) is 1. The van der Waals surface area contributed by atoms with Crippen molar-refractivity contribution in [3.05, 3.63) is 0 Å². The molecule has 0 bridgehead atoms. The number of methoxy groups -OCH3 is 1. The van der Waals surface area contributed by atoms with E-state index in [-0.39, 0.29) is 0 Å². The SMILES string of the molecule is COCC1(C(C)C)CCN(C(C)C)CC1. The second kappa shape index (κ2) is 5.31. The predicted molar refractivity (Wildman–Crippen MR) is 65.1 cm³/mol. The maximum absolute atomic E-state index is 5.42. The Kier molecular flexibility index (Phi) is 4.60. The Morgan fingerprint density at radius 3 is 2.00 bits per heavy atom. The second-order valence-corrected chi connectivity index (χ2v) is 5.58. The maximum Gasteiger partial charge on any atom is 0.0522 e. The molecule has 90 valence electrons. The van der Waals surface area contributed by atoms with Crippen LogP contribution < -0.4 is 0 Å². The second-order valence-electron chi connectivity index (χ2n) is 5.58. The first-order chi connectivity index (χ1) is 7.02. The molecule has 0 aromatic carbocycles. The third kappa shape index (κ3) is 2.94. The van der Waals surface area contributed by atoms with Crippen molar-refractivity contribution in [2.75, 3.05) is 26.8 Å². The summed E-state index contributed by atoms with van der Waals surface area (Å²) in [5.74, 6) is 0.728. The van der Waals surface area contributed by atoms with Crippen LogP contribution in [0, 0.1) is 11.3 Å². The molecule has 0 spiro atoms. The zero-order chi connectivity index (χ0) is 11.5. The molecule has 2 heteroatoms. The van der Waals surface area contributed by atoms with Gasteiger partial charge in [-0.2, -0.15) is 0 Å². The molecule has 0 unspecified atom stereocenters. The number of rotatable bonds is 4. The molecular formula is C13H27NO. The van der Waals surface area contributed by atoms with Gasteiger partial charge >= 0.3 is 0 Å². The lowest BCUT2D eigenvalue weighted by Gasteiger charge is -2.45. The highest BCUT2D eigenvalue weighted by Gasteiger charge is 2.37. The number of hydrogen-bond acceptors (Lipinski definition) is 2. The third-order valence-corrected chi connectivity index (χ3v) is 4.18. The highest BCUT2D eigenvalue weighted by molar-refractivity contribution is 4.89. The molecule has 0 N–H and O–H groups in total. The van der Waals surface area contributed by atoms with Crippen LogP contribution in [-0.2, 0) is 4.74 Å². The van der Waals surface area contributed by atoms with Gasteiger partial charge in [0.25, 0.3) is 0 Å². The molecule has 0 amide bonds. The van der Waals surface area contributed by atoms with Gasteiger partial charge in [0, 0.05) is 13.2 Å². The lowest BCUT2D eigenvalue weighted by Crippen LogP contribution is -2.47. The zero-order valence-corrected chi connectivity index (χ0v) is 11.0. The van der Waals surface area contributed by atoms with E-state index in [4.69, 9.17) is 4.74 Å².